The second-order valence-electron chi connectivity index (χ2n) is 6.59. The Morgan fingerprint density at radius 2 is 2.07 bits per heavy atom. The zero-order valence-corrected chi connectivity index (χ0v) is 16.3. The SMILES string of the molecule is CCCCC(=O)Nc1cccc([C@H]2SCC(=O)N2c2cccc(F)c2C)c1. The van der Waals surface area contributed by atoms with Gasteiger partial charge in [0.2, 0.25) is 11.8 Å². The van der Waals surface area contributed by atoms with E-state index in [4.69, 9.17) is 0 Å². The summed E-state index contributed by atoms with van der Waals surface area (Å²) in [6.07, 6.45) is 2.31. The van der Waals surface area contributed by atoms with Gasteiger partial charge in [0, 0.05) is 17.7 Å². The maximum atomic E-state index is 14.0. The minimum absolute atomic E-state index is 0.0121. The molecule has 142 valence electrons. The molecule has 3 rings (SSSR count). The predicted molar refractivity (Wildman–Crippen MR) is 108 cm³/mol. The number of hydrogen-bond acceptors (Lipinski definition) is 3. The van der Waals surface area contributed by atoms with Gasteiger partial charge in [0.1, 0.15) is 11.2 Å². The molecule has 1 heterocycles. The lowest BCUT2D eigenvalue weighted by Crippen LogP contribution is -2.28. The molecule has 1 fully saturated rings. The molecule has 2 amide bonds. The summed E-state index contributed by atoms with van der Waals surface area (Å²) in [6, 6.07) is 12.3. The number of benzene rings is 2. The highest BCUT2D eigenvalue weighted by atomic mass is 32.2. The van der Waals surface area contributed by atoms with Gasteiger partial charge in [-0.25, -0.2) is 4.39 Å². The zero-order chi connectivity index (χ0) is 19.4. The molecule has 1 aliphatic heterocycles. The second kappa shape index (κ2) is 8.57. The number of rotatable bonds is 6. The number of halogens is 1. The molecule has 1 N–H and O–H groups in total. The zero-order valence-electron chi connectivity index (χ0n) is 15.5. The molecule has 0 saturated carbocycles. The highest BCUT2D eigenvalue weighted by molar-refractivity contribution is 8.00. The second-order valence-corrected chi connectivity index (χ2v) is 7.66. The van der Waals surface area contributed by atoms with Crippen molar-refractivity contribution < 1.29 is 14.0 Å². The molecule has 0 bridgehead atoms. The first-order valence-corrected chi connectivity index (χ1v) is 10.1. The van der Waals surface area contributed by atoms with Gasteiger partial charge >= 0.3 is 0 Å². The lowest BCUT2D eigenvalue weighted by molar-refractivity contribution is -0.117. The third-order valence-electron chi connectivity index (χ3n) is 4.58. The summed E-state index contributed by atoms with van der Waals surface area (Å²) >= 11 is 1.50. The maximum absolute atomic E-state index is 14.0. The number of carbonyl (C=O) groups excluding carboxylic acids is 2. The van der Waals surface area contributed by atoms with Crippen LogP contribution < -0.4 is 10.2 Å². The van der Waals surface area contributed by atoms with Gasteiger partial charge in [0.05, 0.1) is 11.4 Å². The van der Waals surface area contributed by atoms with Crippen LogP contribution in [0.25, 0.3) is 0 Å². The van der Waals surface area contributed by atoms with E-state index in [-0.39, 0.29) is 23.0 Å². The summed E-state index contributed by atoms with van der Waals surface area (Å²) in [5.74, 6) is -0.0424. The van der Waals surface area contributed by atoms with Gasteiger partial charge in [0.15, 0.2) is 0 Å². The molecule has 0 radical (unpaired) electrons. The predicted octanol–water partition coefficient (Wildman–Crippen LogP) is 5.04. The summed E-state index contributed by atoms with van der Waals surface area (Å²) < 4.78 is 14.0. The fraction of sp³-hybridized carbons (Fsp3) is 0.333. The number of anilines is 2. The summed E-state index contributed by atoms with van der Waals surface area (Å²) in [4.78, 5) is 26.2. The fourth-order valence-corrected chi connectivity index (χ4v) is 4.28. The standard InChI is InChI=1S/C21H23FN2O2S/c1-3-4-11-19(25)23-16-8-5-7-15(12-16)21-24(20(26)13-27-21)18-10-6-9-17(22)14(18)2/h5-10,12,21H,3-4,11,13H2,1-2H3,(H,23,25)/t21-/m1/s1. The highest BCUT2D eigenvalue weighted by Crippen LogP contribution is 2.43. The van der Waals surface area contributed by atoms with E-state index in [0.717, 1.165) is 18.4 Å². The molecule has 0 spiro atoms. The lowest BCUT2D eigenvalue weighted by atomic mass is 10.1. The Hall–Kier alpha value is -2.34. The first-order valence-electron chi connectivity index (χ1n) is 9.10. The van der Waals surface area contributed by atoms with E-state index in [9.17, 15) is 14.0 Å². The molecule has 1 atom stereocenters. The first-order chi connectivity index (χ1) is 13.0. The summed E-state index contributed by atoms with van der Waals surface area (Å²) in [5.41, 5.74) is 2.67. The van der Waals surface area contributed by atoms with Crippen molar-refractivity contribution in [3.05, 3.63) is 59.4 Å². The van der Waals surface area contributed by atoms with Gasteiger partial charge in [-0.2, -0.15) is 0 Å². The molecule has 27 heavy (non-hydrogen) atoms. The van der Waals surface area contributed by atoms with Crippen molar-refractivity contribution in [2.75, 3.05) is 16.0 Å². The lowest BCUT2D eigenvalue weighted by Gasteiger charge is -2.26. The van der Waals surface area contributed by atoms with Crippen LogP contribution in [-0.4, -0.2) is 17.6 Å². The normalized spacial score (nSPS) is 16.6. The largest absolute Gasteiger partial charge is 0.326 e. The Morgan fingerprint density at radius 3 is 2.85 bits per heavy atom. The summed E-state index contributed by atoms with van der Waals surface area (Å²) in [7, 11) is 0. The minimum Gasteiger partial charge on any atom is -0.326 e. The summed E-state index contributed by atoms with van der Waals surface area (Å²) in [5, 5.41) is 2.67. The molecule has 0 aromatic heterocycles. The van der Waals surface area contributed by atoms with Crippen molar-refractivity contribution in [1.29, 1.82) is 0 Å². The fourth-order valence-electron chi connectivity index (χ4n) is 3.12. The van der Waals surface area contributed by atoms with Crippen molar-refractivity contribution in [3.63, 3.8) is 0 Å². The first kappa shape index (κ1) is 19.4. The number of amides is 2. The van der Waals surface area contributed by atoms with Gasteiger partial charge in [-0.3, -0.25) is 14.5 Å². The number of thioether (sulfide) groups is 1. The van der Waals surface area contributed by atoms with Crippen LogP contribution in [0.5, 0.6) is 0 Å². The third-order valence-corrected chi connectivity index (χ3v) is 5.79. The van der Waals surface area contributed by atoms with E-state index in [1.54, 1.807) is 24.0 Å². The third kappa shape index (κ3) is 4.33. The van der Waals surface area contributed by atoms with E-state index in [1.165, 1.54) is 17.8 Å². The number of nitrogens with one attached hydrogen (secondary N) is 1. The Kier molecular flexibility index (Phi) is 6.16. The van der Waals surface area contributed by atoms with Crippen molar-refractivity contribution in [1.82, 2.24) is 0 Å². The topological polar surface area (TPSA) is 49.4 Å². The monoisotopic (exact) mass is 386 g/mol. The Labute approximate surface area is 163 Å². The summed E-state index contributed by atoms with van der Waals surface area (Å²) in [6.45, 7) is 3.73. The van der Waals surface area contributed by atoms with Crippen molar-refractivity contribution in [2.24, 2.45) is 0 Å². The maximum Gasteiger partial charge on any atom is 0.238 e. The van der Waals surface area contributed by atoms with Crippen LogP contribution in [-0.2, 0) is 9.59 Å². The van der Waals surface area contributed by atoms with Crippen molar-refractivity contribution in [2.45, 2.75) is 38.5 Å². The average molecular weight is 386 g/mol. The Bertz CT molecular complexity index is 856. The molecule has 4 nitrogen and oxygen atoms in total. The number of hydrogen-bond donors (Lipinski definition) is 1. The number of carbonyl (C=O) groups is 2. The number of nitrogens with zero attached hydrogens (tertiary/aromatic N) is 1. The van der Waals surface area contributed by atoms with Gasteiger partial charge in [-0.15, -0.1) is 11.8 Å². The Balaban J connectivity index is 1.86. The number of unbranched alkanes of at least 4 members (excludes halogenated alkanes) is 1. The highest BCUT2D eigenvalue weighted by Gasteiger charge is 2.35. The van der Waals surface area contributed by atoms with Crippen LogP contribution in [0.1, 0.15) is 42.7 Å². The van der Waals surface area contributed by atoms with Crippen LogP contribution in [0.15, 0.2) is 42.5 Å². The molecular formula is C21H23FN2O2S. The molecule has 2 aromatic rings. The Morgan fingerprint density at radius 1 is 1.30 bits per heavy atom. The van der Waals surface area contributed by atoms with E-state index in [2.05, 4.69) is 5.32 Å². The van der Waals surface area contributed by atoms with Gasteiger partial charge in [-0.1, -0.05) is 31.5 Å². The quantitative estimate of drug-likeness (QED) is 0.756. The van der Waals surface area contributed by atoms with Crippen LogP contribution in [0.4, 0.5) is 15.8 Å². The molecular weight excluding hydrogens is 363 g/mol. The van der Waals surface area contributed by atoms with E-state index in [1.807, 2.05) is 31.2 Å². The van der Waals surface area contributed by atoms with E-state index >= 15 is 0 Å². The molecule has 0 unspecified atom stereocenters. The van der Waals surface area contributed by atoms with Crippen molar-refractivity contribution in [3.8, 4) is 0 Å². The molecule has 1 saturated heterocycles. The van der Waals surface area contributed by atoms with Crippen LogP contribution >= 0.6 is 11.8 Å². The van der Waals surface area contributed by atoms with Crippen molar-refractivity contribution >= 4 is 35.0 Å². The molecule has 6 heteroatoms. The van der Waals surface area contributed by atoms with Crippen LogP contribution in [0, 0.1) is 12.7 Å². The van der Waals surface area contributed by atoms with Gasteiger partial charge in [-0.05, 0) is 43.2 Å². The van der Waals surface area contributed by atoms with Crippen LogP contribution in [0.3, 0.4) is 0 Å². The van der Waals surface area contributed by atoms with Gasteiger partial charge < -0.3 is 5.32 Å². The van der Waals surface area contributed by atoms with E-state index in [0.29, 0.717) is 29.1 Å². The molecule has 2 aromatic carbocycles. The van der Waals surface area contributed by atoms with Gasteiger partial charge in [0.25, 0.3) is 0 Å². The smallest absolute Gasteiger partial charge is 0.238 e. The van der Waals surface area contributed by atoms with Crippen LogP contribution in [0.2, 0.25) is 0 Å². The average Bonchev–Trinajstić information content (AvgIpc) is 3.04. The van der Waals surface area contributed by atoms with E-state index < -0.39 is 0 Å². The molecule has 0 aliphatic carbocycles. The minimum atomic E-state index is -0.326. The molecule has 1 aliphatic rings.